The molecule has 1 saturated carbocycles. The highest BCUT2D eigenvalue weighted by molar-refractivity contribution is 7.99. The molecule has 1 rings (SSSR count). The minimum atomic E-state index is -3.48. The summed E-state index contributed by atoms with van der Waals surface area (Å²) in [6, 6.07) is 1.81. The third-order valence-corrected chi connectivity index (χ3v) is 7.36. The van der Waals surface area contributed by atoms with Crippen molar-refractivity contribution in [2.75, 3.05) is 19.8 Å². The van der Waals surface area contributed by atoms with Crippen LogP contribution < -0.4 is 0 Å². The Labute approximate surface area is 127 Å². The van der Waals surface area contributed by atoms with Crippen LogP contribution in [0.4, 0.5) is 0 Å². The van der Waals surface area contributed by atoms with Gasteiger partial charge in [0, 0.05) is 31.4 Å². The molecule has 116 valence electrons. The maximum absolute atomic E-state index is 12.5. The zero-order chi connectivity index (χ0) is 15.3. The van der Waals surface area contributed by atoms with E-state index >= 15 is 0 Å². The smallest absolute Gasteiger partial charge is 0.198 e. The summed E-state index contributed by atoms with van der Waals surface area (Å²) in [5, 5.41) is 9.28. The Morgan fingerprint density at radius 3 is 2.60 bits per heavy atom. The van der Waals surface area contributed by atoms with Crippen molar-refractivity contribution >= 4 is 22.0 Å². The maximum atomic E-state index is 12.5. The summed E-state index contributed by atoms with van der Waals surface area (Å²) in [4.78, 5) is 0. The van der Waals surface area contributed by atoms with Crippen molar-refractivity contribution in [2.45, 2.75) is 56.9 Å². The van der Waals surface area contributed by atoms with Gasteiger partial charge >= 0.3 is 0 Å². The van der Waals surface area contributed by atoms with Crippen LogP contribution in [0.25, 0.3) is 0 Å². The van der Waals surface area contributed by atoms with Gasteiger partial charge in [0.15, 0.2) is 0 Å². The van der Waals surface area contributed by atoms with Crippen LogP contribution in [0.2, 0.25) is 0 Å². The van der Waals surface area contributed by atoms with Crippen LogP contribution in [0.15, 0.2) is 0 Å². The van der Waals surface area contributed by atoms with Crippen LogP contribution in [-0.2, 0) is 10.2 Å². The van der Waals surface area contributed by atoms with Crippen molar-refractivity contribution in [3.63, 3.8) is 0 Å². The van der Waals surface area contributed by atoms with Crippen molar-refractivity contribution in [2.24, 2.45) is 0 Å². The second-order valence-electron chi connectivity index (χ2n) is 5.30. The lowest BCUT2D eigenvalue weighted by atomic mass is 10.3. The fourth-order valence-electron chi connectivity index (χ4n) is 2.51. The summed E-state index contributed by atoms with van der Waals surface area (Å²) in [6.07, 6.45) is 3.14. The Morgan fingerprint density at radius 1 is 1.40 bits per heavy atom. The molecule has 20 heavy (non-hydrogen) atoms. The minimum Gasteiger partial charge on any atom is -0.198 e. The zero-order valence-corrected chi connectivity index (χ0v) is 14.4. The van der Waals surface area contributed by atoms with Crippen molar-refractivity contribution < 1.29 is 8.42 Å². The molecule has 0 aliphatic heterocycles. The van der Waals surface area contributed by atoms with Gasteiger partial charge in [0.25, 0.3) is 10.2 Å². The molecule has 3 atom stereocenters. The lowest BCUT2D eigenvalue weighted by molar-refractivity contribution is 0.310. The van der Waals surface area contributed by atoms with Gasteiger partial charge in [-0.15, -0.1) is 0 Å². The fraction of sp³-hybridized carbons (Fsp3) is 0.923. The molecule has 3 unspecified atom stereocenters. The Kier molecular flexibility index (Phi) is 6.79. The molecule has 0 heterocycles. The van der Waals surface area contributed by atoms with Gasteiger partial charge in [0.2, 0.25) is 0 Å². The van der Waals surface area contributed by atoms with Gasteiger partial charge in [0.1, 0.15) is 0 Å². The molecular weight excluding hydrogens is 294 g/mol. The number of thioether (sulfide) groups is 1. The Morgan fingerprint density at radius 2 is 2.05 bits per heavy atom. The van der Waals surface area contributed by atoms with Gasteiger partial charge in [-0.25, -0.2) is 0 Å². The normalized spacial score (nSPS) is 25.1. The van der Waals surface area contributed by atoms with Crippen molar-refractivity contribution in [1.82, 2.24) is 8.61 Å². The van der Waals surface area contributed by atoms with E-state index in [-0.39, 0.29) is 18.5 Å². The van der Waals surface area contributed by atoms with Gasteiger partial charge in [-0.2, -0.15) is 34.1 Å². The quantitative estimate of drug-likeness (QED) is 0.720. The van der Waals surface area contributed by atoms with Crippen LogP contribution in [-0.4, -0.2) is 54.2 Å². The molecule has 0 bridgehead atoms. The summed E-state index contributed by atoms with van der Waals surface area (Å²) in [5.41, 5.74) is 0. The number of nitriles is 1. The van der Waals surface area contributed by atoms with Crippen molar-refractivity contribution in [3.05, 3.63) is 0 Å². The van der Waals surface area contributed by atoms with E-state index in [0.29, 0.717) is 5.25 Å². The van der Waals surface area contributed by atoms with Gasteiger partial charge in [-0.1, -0.05) is 6.92 Å². The molecule has 7 heteroatoms. The predicted octanol–water partition coefficient (Wildman–Crippen LogP) is 2.07. The van der Waals surface area contributed by atoms with Crippen LogP contribution in [0.5, 0.6) is 0 Å². The van der Waals surface area contributed by atoms with Crippen LogP contribution >= 0.6 is 11.8 Å². The van der Waals surface area contributed by atoms with Gasteiger partial charge in [-0.3, -0.25) is 0 Å². The van der Waals surface area contributed by atoms with E-state index in [2.05, 4.69) is 6.92 Å². The molecule has 1 aliphatic rings. The first-order valence-corrected chi connectivity index (χ1v) is 9.48. The second-order valence-corrected chi connectivity index (χ2v) is 8.92. The second kappa shape index (κ2) is 7.64. The van der Waals surface area contributed by atoms with E-state index in [0.717, 1.165) is 25.0 Å². The molecule has 5 nitrogen and oxygen atoms in total. The van der Waals surface area contributed by atoms with Crippen LogP contribution in [0.1, 0.15) is 39.5 Å². The topological polar surface area (TPSA) is 64.4 Å². The number of rotatable bonds is 7. The molecule has 0 aromatic carbocycles. The maximum Gasteiger partial charge on any atom is 0.281 e. The van der Waals surface area contributed by atoms with Gasteiger partial charge < -0.3 is 0 Å². The number of hydrogen-bond donors (Lipinski definition) is 0. The highest BCUT2D eigenvalue weighted by Gasteiger charge is 2.36. The molecule has 0 aromatic rings. The average molecular weight is 319 g/mol. The van der Waals surface area contributed by atoms with E-state index in [1.54, 1.807) is 21.0 Å². The molecule has 0 amide bonds. The first-order valence-electron chi connectivity index (χ1n) is 7.04. The monoisotopic (exact) mass is 319 g/mol. The molecular formula is C13H25N3O2S2. The van der Waals surface area contributed by atoms with E-state index in [1.165, 1.54) is 8.61 Å². The summed E-state index contributed by atoms with van der Waals surface area (Å²) < 4.78 is 27.9. The highest BCUT2D eigenvalue weighted by atomic mass is 32.2. The van der Waals surface area contributed by atoms with Crippen molar-refractivity contribution in [1.29, 1.82) is 5.26 Å². The predicted molar refractivity (Wildman–Crippen MR) is 83.7 cm³/mol. The van der Waals surface area contributed by atoms with E-state index < -0.39 is 10.2 Å². The van der Waals surface area contributed by atoms with Gasteiger partial charge in [-0.05, 0) is 31.9 Å². The SMILES string of the molecule is CCSC1CCC(N(C)S(=O)(=O)N(C)C(C)CC#N)C1. The summed E-state index contributed by atoms with van der Waals surface area (Å²) in [7, 11) is -0.258. The highest BCUT2D eigenvalue weighted by Crippen LogP contribution is 2.33. The summed E-state index contributed by atoms with van der Waals surface area (Å²) in [6.45, 7) is 3.90. The minimum absolute atomic E-state index is 0.0841. The Bertz CT molecular complexity index is 447. The average Bonchev–Trinajstić information content (AvgIpc) is 2.86. The fourth-order valence-corrected chi connectivity index (χ4v) is 5.15. The first kappa shape index (κ1) is 17.8. The third kappa shape index (κ3) is 4.10. The van der Waals surface area contributed by atoms with E-state index in [4.69, 9.17) is 5.26 Å². The largest absolute Gasteiger partial charge is 0.281 e. The van der Waals surface area contributed by atoms with Crippen LogP contribution in [0.3, 0.4) is 0 Å². The lowest BCUT2D eigenvalue weighted by Gasteiger charge is -2.31. The Balaban J connectivity index is 2.71. The molecule has 0 aromatic heterocycles. The van der Waals surface area contributed by atoms with E-state index in [1.807, 2.05) is 17.8 Å². The molecule has 0 spiro atoms. The molecule has 1 aliphatic carbocycles. The molecule has 0 radical (unpaired) electrons. The first-order chi connectivity index (χ1) is 9.34. The standard InChI is InChI=1S/C13H25N3O2S2/c1-5-19-13-7-6-12(10-13)16(4)20(17,18)15(3)11(2)8-9-14/h11-13H,5-8,10H2,1-4H3. The molecule has 0 saturated heterocycles. The van der Waals surface area contributed by atoms with Crippen LogP contribution in [0, 0.1) is 11.3 Å². The third-order valence-electron chi connectivity index (χ3n) is 4.01. The number of hydrogen-bond acceptors (Lipinski definition) is 4. The summed E-state index contributed by atoms with van der Waals surface area (Å²) in [5.74, 6) is 1.08. The number of nitrogens with zero attached hydrogens (tertiary/aromatic N) is 3. The molecule has 1 fully saturated rings. The Hall–Kier alpha value is -0.290. The van der Waals surface area contributed by atoms with Crippen molar-refractivity contribution in [3.8, 4) is 6.07 Å². The molecule has 0 N–H and O–H groups in total. The summed E-state index contributed by atoms with van der Waals surface area (Å²) >= 11 is 1.92. The van der Waals surface area contributed by atoms with Gasteiger partial charge in [0.05, 0.1) is 12.5 Å². The van der Waals surface area contributed by atoms with E-state index in [9.17, 15) is 8.42 Å². The zero-order valence-electron chi connectivity index (χ0n) is 12.7. The lowest BCUT2D eigenvalue weighted by Crippen LogP contribution is -2.47.